The number of hydrogen-bond acceptors (Lipinski definition) is 4. The van der Waals surface area contributed by atoms with Crippen LogP contribution in [0.3, 0.4) is 0 Å². The van der Waals surface area contributed by atoms with Gasteiger partial charge in [-0.05, 0) is 39.8 Å². The molecule has 2 aliphatic rings. The number of carbonyl (C=O) groups excluding carboxylic acids is 3. The van der Waals surface area contributed by atoms with E-state index in [1.54, 1.807) is 4.90 Å². The van der Waals surface area contributed by atoms with E-state index in [1.165, 1.54) is 4.90 Å². The Bertz CT molecular complexity index is 1550. The summed E-state index contributed by atoms with van der Waals surface area (Å²) in [4.78, 5) is 43.3. The molecule has 0 spiro atoms. The molecule has 40 heavy (non-hydrogen) atoms. The van der Waals surface area contributed by atoms with Gasteiger partial charge in [-0.15, -0.1) is 0 Å². The van der Waals surface area contributed by atoms with E-state index in [0.29, 0.717) is 12.8 Å². The number of rotatable bonds is 8. The van der Waals surface area contributed by atoms with E-state index in [2.05, 4.69) is 19.9 Å². The van der Waals surface area contributed by atoms with Crippen molar-refractivity contribution >= 4 is 29.2 Å². The number of carbonyl (C=O) groups is 3. The molecule has 6 rings (SSSR count). The fourth-order valence-corrected chi connectivity index (χ4v) is 6.51. The van der Waals surface area contributed by atoms with Gasteiger partial charge in [0, 0.05) is 6.42 Å². The molecule has 0 saturated carbocycles. The molecule has 4 aromatic carbocycles. The van der Waals surface area contributed by atoms with Crippen LogP contribution >= 0.6 is 0 Å². The molecule has 6 heteroatoms. The van der Waals surface area contributed by atoms with Crippen LogP contribution in [-0.2, 0) is 20.7 Å². The van der Waals surface area contributed by atoms with Gasteiger partial charge in [0.25, 0.3) is 5.91 Å². The number of nitrogens with zero attached hydrogens (tertiary/aromatic N) is 2. The molecule has 202 valence electrons. The minimum absolute atomic E-state index is 0.190. The lowest BCUT2D eigenvalue weighted by Crippen LogP contribution is -2.81. The van der Waals surface area contributed by atoms with Crippen LogP contribution in [0.25, 0.3) is 10.8 Å². The van der Waals surface area contributed by atoms with Crippen molar-refractivity contribution in [2.45, 2.75) is 50.4 Å². The number of likely N-dealkylation sites (tertiary alicyclic amines) is 1. The summed E-state index contributed by atoms with van der Waals surface area (Å²) in [5, 5.41) is 2.15. The van der Waals surface area contributed by atoms with E-state index in [1.807, 2.05) is 97.1 Å². The van der Waals surface area contributed by atoms with Gasteiger partial charge in [0.1, 0.15) is 6.04 Å². The molecule has 2 aliphatic heterocycles. The van der Waals surface area contributed by atoms with Crippen molar-refractivity contribution in [1.82, 2.24) is 9.80 Å². The van der Waals surface area contributed by atoms with Gasteiger partial charge < -0.3 is 4.74 Å². The lowest BCUT2D eigenvalue weighted by Gasteiger charge is -2.58. The lowest BCUT2D eigenvalue weighted by molar-refractivity contribution is -0.178. The first-order valence-corrected chi connectivity index (χ1v) is 13.8. The Labute approximate surface area is 234 Å². The maximum absolute atomic E-state index is 14.2. The molecule has 2 heterocycles. The van der Waals surface area contributed by atoms with Crippen molar-refractivity contribution in [1.29, 1.82) is 0 Å². The van der Waals surface area contributed by atoms with Crippen molar-refractivity contribution in [3.05, 3.63) is 120 Å². The van der Waals surface area contributed by atoms with Crippen molar-refractivity contribution < 1.29 is 19.1 Å². The normalized spacial score (nSPS) is 24.3. The molecule has 0 bridgehead atoms. The second-order valence-electron chi connectivity index (χ2n) is 11.2. The molecular weight excluding hydrogens is 500 g/mol. The minimum Gasteiger partial charge on any atom is -0.439 e. The number of ether oxygens (including phenoxy) is 1. The predicted octanol–water partition coefficient (Wildman–Crippen LogP) is 6.47. The third-order valence-electron chi connectivity index (χ3n) is 8.28. The molecule has 3 amide bonds. The zero-order valence-corrected chi connectivity index (χ0v) is 22.6. The molecule has 2 fully saturated rings. The van der Waals surface area contributed by atoms with Crippen LogP contribution in [0.5, 0.6) is 0 Å². The molecule has 4 atom stereocenters. The Morgan fingerprint density at radius 2 is 1.45 bits per heavy atom. The maximum atomic E-state index is 14.2. The third-order valence-corrected chi connectivity index (χ3v) is 8.28. The van der Waals surface area contributed by atoms with E-state index >= 15 is 0 Å². The molecule has 0 N–H and O–H groups in total. The van der Waals surface area contributed by atoms with Crippen molar-refractivity contribution in [2.75, 3.05) is 0 Å². The first-order chi connectivity index (χ1) is 19.4. The van der Waals surface area contributed by atoms with Gasteiger partial charge in [-0.3, -0.25) is 19.4 Å². The average molecular weight is 533 g/mol. The number of fused-ring (bicyclic) bond motifs is 1. The van der Waals surface area contributed by atoms with Gasteiger partial charge in [0.2, 0.25) is 6.41 Å². The van der Waals surface area contributed by atoms with E-state index in [-0.39, 0.29) is 18.2 Å². The summed E-state index contributed by atoms with van der Waals surface area (Å²) in [6.45, 7) is 4.13. The topological polar surface area (TPSA) is 66.9 Å². The number of benzene rings is 4. The molecule has 0 radical (unpaired) electrons. The molecular formula is C34H32N2O4. The second kappa shape index (κ2) is 10.3. The molecule has 0 aliphatic carbocycles. The molecule has 4 aromatic rings. The van der Waals surface area contributed by atoms with Crippen molar-refractivity contribution in [3.8, 4) is 0 Å². The minimum atomic E-state index is -1.28. The zero-order chi connectivity index (χ0) is 27.9. The van der Waals surface area contributed by atoms with E-state index < -0.39 is 29.8 Å². The van der Waals surface area contributed by atoms with Crippen LogP contribution in [0.4, 0.5) is 4.79 Å². The summed E-state index contributed by atoms with van der Waals surface area (Å²) in [5.74, 6) is -0.178. The largest absolute Gasteiger partial charge is 0.439 e. The number of cyclic esters (lactones) is 1. The fraction of sp³-hybridized carbons (Fsp3) is 0.265. The molecule has 2 saturated heterocycles. The van der Waals surface area contributed by atoms with Gasteiger partial charge >= 0.3 is 6.09 Å². The molecule has 0 aromatic heterocycles. The van der Waals surface area contributed by atoms with Crippen LogP contribution in [0.15, 0.2) is 103 Å². The van der Waals surface area contributed by atoms with Gasteiger partial charge in [-0.25, -0.2) is 4.79 Å². The third kappa shape index (κ3) is 4.15. The van der Waals surface area contributed by atoms with Gasteiger partial charge in [0.15, 0.2) is 11.6 Å². The van der Waals surface area contributed by atoms with Crippen LogP contribution in [-0.4, -0.2) is 39.8 Å². The SMILES string of the molecule is CC(C)C[C@H]1N(C=O)C(=O)[C@]1(Cc1ccc2ccccc2c1)N1C(=O)O[C@H](c2ccccc2)[C@@H]1c1ccccc1. The Morgan fingerprint density at radius 3 is 2.10 bits per heavy atom. The average Bonchev–Trinajstić information content (AvgIpc) is 3.33. The Balaban J connectivity index is 1.53. The number of amides is 3. The van der Waals surface area contributed by atoms with E-state index in [4.69, 9.17) is 4.74 Å². The van der Waals surface area contributed by atoms with Crippen molar-refractivity contribution in [2.24, 2.45) is 5.92 Å². The van der Waals surface area contributed by atoms with Gasteiger partial charge in [-0.2, -0.15) is 0 Å². The predicted molar refractivity (Wildman–Crippen MR) is 153 cm³/mol. The molecule has 6 nitrogen and oxygen atoms in total. The first-order valence-electron chi connectivity index (χ1n) is 13.8. The number of hydrogen-bond donors (Lipinski definition) is 0. The Morgan fingerprint density at radius 1 is 0.825 bits per heavy atom. The number of β-lactam (4-membered cyclic amide) rings is 1. The Hall–Kier alpha value is -4.45. The summed E-state index contributed by atoms with van der Waals surface area (Å²) >= 11 is 0. The van der Waals surface area contributed by atoms with Gasteiger partial charge in [0.05, 0.1) is 6.04 Å². The highest BCUT2D eigenvalue weighted by atomic mass is 16.6. The number of imide groups is 1. The summed E-state index contributed by atoms with van der Waals surface area (Å²) < 4.78 is 6.12. The highest BCUT2D eigenvalue weighted by Crippen LogP contribution is 2.53. The highest BCUT2D eigenvalue weighted by Gasteiger charge is 2.69. The Kier molecular flexibility index (Phi) is 6.62. The summed E-state index contributed by atoms with van der Waals surface area (Å²) in [6, 6.07) is 32.5. The molecule has 0 unspecified atom stereocenters. The standard InChI is InChI=1S/C34H32N2O4/c1-23(2)19-29-34(32(38)35(29)22-37,21-24-17-18-25-11-9-10-16-28(25)20-24)36-30(26-12-5-3-6-13-26)31(40-33(36)39)27-14-7-4-8-15-27/h3-18,20,22-23,29-31H,19,21H2,1-2H3/t29-,30+,31-,34-/m1/s1. The van der Waals surface area contributed by atoms with Crippen molar-refractivity contribution in [3.63, 3.8) is 0 Å². The van der Waals surface area contributed by atoms with Crippen LogP contribution < -0.4 is 0 Å². The van der Waals surface area contributed by atoms with Crippen LogP contribution in [0, 0.1) is 5.92 Å². The van der Waals surface area contributed by atoms with E-state index in [9.17, 15) is 14.4 Å². The van der Waals surface area contributed by atoms with Crippen LogP contribution in [0.2, 0.25) is 0 Å². The second-order valence-corrected chi connectivity index (χ2v) is 11.2. The highest BCUT2D eigenvalue weighted by molar-refractivity contribution is 6.04. The van der Waals surface area contributed by atoms with Gasteiger partial charge in [-0.1, -0.05) is 117 Å². The lowest BCUT2D eigenvalue weighted by atomic mass is 9.69. The zero-order valence-electron chi connectivity index (χ0n) is 22.6. The fourth-order valence-electron chi connectivity index (χ4n) is 6.51. The summed E-state index contributed by atoms with van der Waals surface area (Å²) in [6.07, 6.45) is 0.304. The van der Waals surface area contributed by atoms with E-state index in [0.717, 1.165) is 27.5 Å². The smallest absolute Gasteiger partial charge is 0.412 e. The summed E-state index contributed by atoms with van der Waals surface area (Å²) in [7, 11) is 0. The van der Waals surface area contributed by atoms with Crippen LogP contribution in [0.1, 0.15) is 49.1 Å². The quantitative estimate of drug-likeness (QED) is 0.193. The first kappa shape index (κ1) is 25.8. The summed E-state index contributed by atoms with van der Waals surface area (Å²) in [5.41, 5.74) is 1.37. The maximum Gasteiger partial charge on any atom is 0.412 e. The monoisotopic (exact) mass is 532 g/mol.